The quantitative estimate of drug-likeness (QED) is 0.873. The molecule has 2 nitrogen and oxygen atoms in total. The van der Waals surface area contributed by atoms with Gasteiger partial charge in [0, 0.05) is 41.1 Å². The van der Waals surface area contributed by atoms with Crippen molar-refractivity contribution in [2.75, 3.05) is 13.1 Å². The average molecular weight is 357 g/mol. The zero-order valence-corrected chi connectivity index (χ0v) is 14.8. The summed E-state index contributed by atoms with van der Waals surface area (Å²) in [6, 6.07) is 3.59. The molecule has 1 N–H and O–H groups in total. The Balaban J connectivity index is 1.63. The zero-order valence-electron chi connectivity index (χ0n) is 12.4. The Bertz CT molecular complexity index is 431. The van der Waals surface area contributed by atoms with Crippen LogP contribution in [-0.4, -0.2) is 30.1 Å². The molecule has 0 amide bonds. The van der Waals surface area contributed by atoms with E-state index in [1.807, 2.05) is 11.3 Å². The SMILES string of the molecule is CC(C)N1CC2CCCC(C1)C2NCc1sccc1Br. The molecule has 2 bridgehead atoms. The van der Waals surface area contributed by atoms with E-state index in [1.54, 1.807) is 0 Å². The summed E-state index contributed by atoms with van der Waals surface area (Å²) in [5.74, 6) is 1.70. The topological polar surface area (TPSA) is 15.3 Å². The van der Waals surface area contributed by atoms with E-state index in [4.69, 9.17) is 0 Å². The summed E-state index contributed by atoms with van der Waals surface area (Å²) in [5, 5.41) is 6.05. The highest BCUT2D eigenvalue weighted by Gasteiger charge is 2.39. The number of fused-ring (bicyclic) bond motifs is 2. The van der Waals surface area contributed by atoms with Crippen LogP contribution in [-0.2, 0) is 6.54 Å². The first-order chi connectivity index (χ1) is 9.65. The lowest BCUT2D eigenvalue weighted by molar-refractivity contribution is 0.0291. The second kappa shape index (κ2) is 6.47. The van der Waals surface area contributed by atoms with Crippen molar-refractivity contribution in [2.24, 2.45) is 11.8 Å². The highest BCUT2D eigenvalue weighted by atomic mass is 79.9. The number of hydrogen-bond acceptors (Lipinski definition) is 3. The summed E-state index contributed by atoms with van der Waals surface area (Å²) in [6.45, 7) is 8.28. The van der Waals surface area contributed by atoms with Gasteiger partial charge in [0.2, 0.25) is 0 Å². The summed E-state index contributed by atoms with van der Waals surface area (Å²) < 4.78 is 1.26. The predicted octanol–water partition coefficient (Wildman–Crippen LogP) is 4.11. The minimum Gasteiger partial charge on any atom is -0.308 e. The van der Waals surface area contributed by atoms with Crippen molar-refractivity contribution >= 4 is 27.3 Å². The number of thiophene rings is 1. The molecule has 0 aromatic carbocycles. The smallest absolute Gasteiger partial charge is 0.0327 e. The van der Waals surface area contributed by atoms with Gasteiger partial charge in [-0.15, -0.1) is 11.3 Å². The molecule has 2 atom stereocenters. The summed E-state index contributed by atoms with van der Waals surface area (Å²) in [5.41, 5.74) is 0. The first-order valence-corrected chi connectivity index (χ1v) is 9.51. The molecule has 2 fully saturated rings. The third-order valence-corrected chi connectivity index (χ3v) is 6.95. The minimum atomic E-state index is 0.700. The van der Waals surface area contributed by atoms with Crippen molar-refractivity contribution in [3.05, 3.63) is 20.8 Å². The second-order valence-corrected chi connectivity index (χ2v) is 8.45. The van der Waals surface area contributed by atoms with Gasteiger partial charge in [0.1, 0.15) is 0 Å². The molecule has 1 aromatic rings. The number of nitrogens with zero attached hydrogens (tertiary/aromatic N) is 1. The normalized spacial score (nSPS) is 30.9. The van der Waals surface area contributed by atoms with E-state index in [1.165, 1.54) is 41.7 Å². The monoisotopic (exact) mass is 356 g/mol. The molecular formula is C16H25BrN2S. The third kappa shape index (κ3) is 3.13. The molecule has 112 valence electrons. The molecular weight excluding hydrogens is 332 g/mol. The highest BCUT2D eigenvalue weighted by Crippen LogP contribution is 2.36. The highest BCUT2D eigenvalue weighted by molar-refractivity contribution is 9.10. The van der Waals surface area contributed by atoms with Crippen LogP contribution in [0.1, 0.15) is 38.0 Å². The molecule has 1 aliphatic carbocycles. The molecule has 1 saturated heterocycles. The molecule has 20 heavy (non-hydrogen) atoms. The predicted molar refractivity (Wildman–Crippen MR) is 90.2 cm³/mol. The second-order valence-electron chi connectivity index (χ2n) is 6.60. The molecule has 0 spiro atoms. The first kappa shape index (κ1) is 15.0. The molecule has 4 heteroatoms. The van der Waals surface area contributed by atoms with Crippen LogP contribution in [0, 0.1) is 11.8 Å². The van der Waals surface area contributed by atoms with E-state index >= 15 is 0 Å². The van der Waals surface area contributed by atoms with E-state index in [2.05, 4.69) is 51.4 Å². The third-order valence-electron chi connectivity index (χ3n) is 5.02. The van der Waals surface area contributed by atoms with E-state index in [0.717, 1.165) is 24.4 Å². The van der Waals surface area contributed by atoms with Gasteiger partial charge in [-0.3, -0.25) is 0 Å². The maximum atomic E-state index is 3.88. The van der Waals surface area contributed by atoms with Gasteiger partial charge in [0.15, 0.2) is 0 Å². The van der Waals surface area contributed by atoms with Gasteiger partial charge in [0.05, 0.1) is 0 Å². The fraction of sp³-hybridized carbons (Fsp3) is 0.750. The zero-order chi connectivity index (χ0) is 14.1. The van der Waals surface area contributed by atoms with Crippen molar-refractivity contribution in [3.63, 3.8) is 0 Å². The summed E-state index contributed by atoms with van der Waals surface area (Å²) in [6.07, 6.45) is 4.24. The van der Waals surface area contributed by atoms with Crippen LogP contribution in [0.2, 0.25) is 0 Å². The standard InChI is InChI=1S/C16H25BrN2S/c1-11(2)19-9-12-4-3-5-13(10-19)16(12)18-8-15-14(17)6-7-20-15/h6-7,11-13,16,18H,3-5,8-10H2,1-2H3. The summed E-state index contributed by atoms with van der Waals surface area (Å²) >= 11 is 5.50. The van der Waals surface area contributed by atoms with Crippen molar-refractivity contribution < 1.29 is 0 Å². The number of rotatable bonds is 4. The average Bonchev–Trinajstić information content (AvgIpc) is 2.80. The fourth-order valence-corrected chi connectivity index (χ4v) is 5.33. The fourth-order valence-electron chi connectivity index (χ4n) is 3.89. The number of nitrogens with one attached hydrogen (secondary N) is 1. The molecule has 3 rings (SSSR count). The molecule has 2 heterocycles. The summed E-state index contributed by atoms with van der Waals surface area (Å²) in [4.78, 5) is 4.13. The van der Waals surface area contributed by atoms with Crippen LogP contribution >= 0.6 is 27.3 Å². The van der Waals surface area contributed by atoms with Crippen molar-refractivity contribution in [1.29, 1.82) is 0 Å². The summed E-state index contributed by atoms with van der Waals surface area (Å²) in [7, 11) is 0. The van der Waals surface area contributed by atoms with Crippen LogP contribution in [0.5, 0.6) is 0 Å². The van der Waals surface area contributed by atoms with Gasteiger partial charge >= 0.3 is 0 Å². The lowest BCUT2D eigenvalue weighted by Gasteiger charge is -2.49. The molecule has 1 saturated carbocycles. The number of halogens is 1. The van der Waals surface area contributed by atoms with Gasteiger partial charge < -0.3 is 10.2 Å². The van der Waals surface area contributed by atoms with Gasteiger partial charge in [-0.05, 0) is 65.9 Å². The Morgan fingerprint density at radius 3 is 2.60 bits per heavy atom. The largest absolute Gasteiger partial charge is 0.308 e. The number of likely N-dealkylation sites (tertiary alicyclic amines) is 1. The van der Waals surface area contributed by atoms with Crippen molar-refractivity contribution in [3.8, 4) is 0 Å². The van der Waals surface area contributed by atoms with Gasteiger partial charge in [-0.2, -0.15) is 0 Å². The van der Waals surface area contributed by atoms with Crippen LogP contribution in [0.4, 0.5) is 0 Å². The van der Waals surface area contributed by atoms with Crippen LogP contribution < -0.4 is 5.32 Å². The van der Waals surface area contributed by atoms with E-state index in [-0.39, 0.29) is 0 Å². The minimum absolute atomic E-state index is 0.700. The molecule has 2 aliphatic rings. The van der Waals surface area contributed by atoms with E-state index < -0.39 is 0 Å². The lowest BCUT2D eigenvalue weighted by Crippen LogP contribution is -2.58. The molecule has 2 unspecified atom stereocenters. The van der Waals surface area contributed by atoms with E-state index in [9.17, 15) is 0 Å². The maximum absolute atomic E-state index is 3.88. The Hall–Kier alpha value is 0.100. The van der Waals surface area contributed by atoms with Crippen molar-refractivity contribution in [2.45, 2.75) is 51.7 Å². The van der Waals surface area contributed by atoms with E-state index in [0.29, 0.717) is 6.04 Å². The molecule has 0 radical (unpaired) electrons. The number of hydrogen-bond donors (Lipinski definition) is 1. The lowest BCUT2D eigenvalue weighted by atomic mass is 9.73. The van der Waals surface area contributed by atoms with Crippen molar-refractivity contribution in [1.82, 2.24) is 10.2 Å². The number of piperidine rings is 1. The van der Waals surface area contributed by atoms with Gasteiger partial charge in [-0.25, -0.2) is 0 Å². The Morgan fingerprint density at radius 1 is 1.35 bits per heavy atom. The first-order valence-electron chi connectivity index (χ1n) is 7.84. The van der Waals surface area contributed by atoms with Crippen LogP contribution in [0.15, 0.2) is 15.9 Å². The Kier molecular flexibility index (Phi) is 4.86. The Labute approximate surface area is 135 Å². The molecule has 1 aliphatic heterocycles. The van der Waals surface area contributed by atoms with Gasteiger partial charge in [-0.1, -0.05) is 6.42 Å². The Morgan fingerprint density at radius 2 is 2.05 bits per heavy atom. The van der Waals surface area contributed by atoms with Gasteiger partial charge in [0.25, 0.3) is 0 Å². The molecule has 1 aromatic heterocycles. The maximum Gasteiger partial charge on any atom is 0.0327 e. The van der Waals surface area contributed by atoms with Crippen LogP contribution in [0.25, 0.3) is 0 Å². The van der Waals surface area contributed by atoms with Crippen LogP contribution in [0.3, 0.4) is 0 Å².